The summed E-state index contributed by atoms with van der Waals surface area (Å²) < 4.78 is 0. The smallest absolute Gasteiger partial charge is 0.328 e. The van der Waals surface area contributed by atoms with Gasteiger partial charge in [-0.25, -0.2) is 0 Å². The Morgan fingerprint density at radius 2 is 1.33 bits per heavy atom. The predicted octanol–water partition coefficient (Wildman–Crippen LogP) is 0.699. The molecule has 0 aliphatic rings. The van der Waals surface area contributed by atoms with E-state index in [1.54, 1.807) is 0 Å². The minimum Gasteiger partial charge on any atom is -0.328 e. The van der Waals surface area contributed by atoms with Gasteiger partial charge in [-0.1, -0.05) is 60.7 Å². The van der Waals surface area contributed by atoms with Gasteiger partial charge in [0.05, 0.1) is 6.61 Å². The normalized spacial score (nSPS) is 10.3. The van der Waals surface area contributed by atoms with Crippen molar-refractivity contribution in [2.24, 2.45) is 5.73 Å². The number of rotatable bonds is 6. The minimum absolute atomic E-state index is 0.223. The molecule has 0 atom stereocenters. The van der Waals surface area contributed by atoms with Crippen molar-refractivity contribution in [1.82, 2.24) is 0 Å². The zero-order valence-electron chi connectivity index (χ0n) is 10.2. The Labute approximate surface area is 108 Å². The molecule has 2 aromatic carbocycles. The molecule has 0 heterocycles. The van der Waals surface area contributed by atoms with Crippen molar-refractivity contribution >= 4 is 17.8 Å². The van der Waals surface area contributed by atoms with E-state index in [2.05, 4.69) is 0 Å². The van der Waals surface area contributed by atoms with E-state index in [1.807, 2.05) is 60.7 Å². The van der Waals surface area contributed by atoms with Crippen LogP contribution in [0.25, 0.3) is 0 Å². The van der Waals surface area contributed by atoms with E-state index in [4.69, 9.17) is 15.4 Å². The third-order valence-electron chi connectivity index (χ3n) is 2.57. The average Bonchev–Trinajstić information content (AvgIpc) is 2.46. The monoisotopic (exact) mass is 241 g/mol. The third-order valence-corrected chi connectivity index (χ3v) is 2.57. The second-order valence-electron chi connectivity index (χ2n) is 3.91. The maximum absolute atomic E-state index is 5.47. The van der Waals surface area contributed by atoms with Gasteiger partial charge in [-0.2, -0.15) is 0 Å². The van der Waals surface area contributed by atoms with Gasteiger partial charge in [-0.15, -0.1) is 0 Å². The fraction of sp³-hybridized carbons (Fsp3) is 0.143. The molecule has 0 fully saturated rings. The SMILES string of the molecule is NCCOOB(c1ccccc1)c1ccccc1. The summed E-state index contributed by atoms with van der Waals surface area (Å²) in [7, 11) is 0. The van der Waals surface area contributed by atoms with Crippen LogP contribution < -0.4 is 16.7 Å². The largest absolute Gasteiger partial charge is 0.405 e. The summed E-state index contributed by atoms with van der Waals surface area (Å²) in [5, 5.41) is 0. The van der Waals surface area contributed by atoms with Crippen LogP contribution in [-0.4, -0.2) is 20.1 Å². The highest BCUT2D eigenvalue weighted by molar-refractivity contribution is 6.79. The van der Waals surface area contributed by atoms with Crippen LogP contribution in [0.3, 0.4) is 0 Å². The Bertz CT molecular complexity index is 410. The van der Waals surface area contributed by atoms with E-state index in [1.165, 1.54) is 0 Å². The van der Waals surface area contributed by atoms with Gasteiger partial charge < -0.3 is 5.73 Å². The first-order valence-electron chi connectivity index (χ1n) is 6.00. The maximum Gasteiger partial charge on any atom is 0.405 e. The first-order valence-corrected chi connectivity index (χ1v) is 6.00. The number of hydrogen-bond donors (Lipinski definition) is 1. The van der Waals surface area contributed by atoms with Crippen LogP contribution >= 0.6 is 0 Å². The Hall–Kier alpha value is -1.62. The molecule has 0 unspecified atom stereocenters. The Kier molecular flexibility index (Phi) is 4.96. The van der Waals surface area contributed by atoms with E-state index in [9.17, 15) is 0 Å². The summed E-state index contributed by atoms with van der Waals surface area (Å²) in [6.07, 6.45) is 0. The summed E-state index contributed by atoms with van der Waals surface area (Å²) >= 11 is 0. The van der Waals surface area contributed by atoms with Crippen molar-refractivity contribution in [3.63, 3.8) is 0 Å². The Balaban J connectivity index is 2.18. The molecular weight excluding hydrogens is 225 g/mol. The average molecular weight is 241 g/mol. The molecule has 2 rings (SSSR count). The van der Waals surface area contributed by atoms with Gasteiger partial charge in [0.2, 0.25) is 0 Å². The highest BCUT2D eigenvalue weighted by atomic mass is 17.2. The predicted molar refractivity (Wildman–Crippen MR) is 74.0 cm³/mol. The molecule has 0 bridgehead atoms. The van der Waals surface area contributed by atoms with Gasteiger partial charge in [0.25, 0.3) is 0 Å². The number of hydrogen-bond acceptors (Lipinski definition) is 3. The number of benzene rings is 2. The van der Waals surface area contributed by atoms with Gasteiger partial charge in [0.1, 0.15) is 0 Å². The molecule has 4 heteroatoms. The molecule has 2 N–H and O–H groups in total. The van der Waals surface area contributed by atoms with Gasteiger partial charge in [0.15, 0.2) is 0 Å². The van der Waals surface area contributed by atoms with Crippen LogP contribution in [0.5, 0.6) is 0 Å². The van der Waals surface area contributed by atoms with Crippen molar-refractivity contribution in [3.05, 3.63) is 60.7 Å². The maximum atomic E-state index is 5.47. The van der Waals surface area contributed by atoms with E-state index in [0.29, 0.717) is 13.2 Å². The fourth-order valence-electron chi connectivity index (χ4n) is 1.72. The molecular formula is C14H16BNO2. The summed E-state index contributed by atoms with van der Waals surface area (Å²) in [6, 6.07) is 20.0. The quantitative estimate of drug-likeness (QED) is 0.350. The fourth-order valence-corrected chi connectivity index (χ4v) is 1.72. The second-order valence-corrected chi connectivity index (χ2v) is 3.91. The summed E-state index contributed by atoms with van der Waals surface area (Å²) in [5.74, 6) is 0. The van der Waals surface area contributed by atoms with Crippen molar-refractivity contribution in [1.29, 1.82) is 0 Å². The van der Waals surface area contributed by atoms with E-state index in [0.717, 1.165) is 10.9 Å². The van der Waals surface area contributed by atoms with Crippen LogP contribution in [0, 0.1) is 0 Å². The van der Waals surface area contributed by atoms with Crippen LogP contribution in [0.4, 0.5) is 0 Å². The standard InChI is InChI=1S/C14H16BNO2/c16-11-12-17-18-15(13-7-3-1-4-8-13)14-9-5-2-6-10-14/h1-10H,11-12,16H2. The molecule has 0 saturated carbocycles. The molecule has 0 aliphatic heterocycles. The summed E-state index contributed by atoms with van der Waals surface area (Å²) in [6.45, 7) is 0.603. The molecule has 3 nitrogen and oxygen atoms in total. The zero-order valence-corrected chi connectivity index (χ0v) is 10.2. The van der Waals surface area contributed by atoms with Gasteiger partial charge in [0, 0.05) is 6.54 Å². The van der Waals surface area contributed by atoms with Crippen molar-refractivity contribution in [2.75, 3.05) is 13.2 Å². The molecule has 0 aromatic heterocycles. The van der Waals surface area contributed by atoms with Gasteiger partial charge in [-0.3, -0.25) is 9.69 Å². The lowest BCUT2D eigenvalue weighted by atomic mass is 9.56. The van der Waals surface area contributed by atoms with Crippen molar-refractivity contribution in [2.45, 2.75) is 0 Å². The van der Waals surface area contributed by atoms with E-state index >= 15 is 0 Å². The van der Waals surface area contributed by atoms with Crippen LogP contribution in [0.2, 0.25) is 0 Å². The summed E-state index contributed by atoms with van der Waals surface area (Å²) in [4.78, 5) is 10.6. The minimum atomic E-state index is -0.223. The molecule has 18 heavy (non-hydrogen) atoms. The number of nitrogens with two attached hydrogens (primary N) is 1. The summed E-state index contributed by atoms with van der Waals surface area (Å²) in [5.41, 5.74) is 7.50. The van der Waals surface area contributed by atoms with Crippen LogP contribution in [0.1, 0.15) is 0 Å². The van der Waals surface area contributed by atoms with Gasteiger partial charge in [-0.05, 0) is 10.9 Å². The van der Waals surface area contributed by atoms with E-state index in [-0.39, 0.29) is 6.92 Å². The first kappa shape index (κ1) is 12.8. The van der Waals surface area contributed by atoms with Crippen LogP contribution in [-0.2, 0) is 9.69 Å². The van der Waals surface area contributed by atoms with Crippen LogP contribution in [0.15, 0.2) is 60.7 Å². The highest BCUT2D eigenvalue weighted by Crippen LogP contribution is 1.95. The lowest BCUT2D eigenvalue weighted by Crippen LogP contribution is -2.45. The molecule has 0 radical (unpaired) electrons. The topological polar surface area (TPSA) is 44.5 Å². The van der Waals surface area contributed by atoms with Crippen molar-refractivity contribution in [3.8, 4) is 0 Å². The second kappa shape index (κ2) is 6.96. The molecule has 0 aliphatic carbocycles. The Morgan fingerprint density at radius 3 is 1.78 bits per heavy atom. The van der Waals surface area contributed by atoms with E-state index < -0.39 is 0 Å². The molecule has 0 amide bonds. The molecule has 92 valence electrons. The van der Waals surface area contributed by atoms with Gasteiger partial charge >= 0.3 is 6.92 Å². The molecule has 0 spiro atoms. The third kappa shape index (κ3) is 3.44. The highest BCUT2D eigenvalue weighted by Gasteiger charge is 2.22. The lowest BCUT2D eigenvalue weighted by molar-refractivity contribution is -0.206. The Morgan fingerprint density at radius 1 is 0.833 bits per heavy atom. The molecule has 2 aromatic rings. The first-order chi connectivity index (χ1) is 8.92. The lowest BCUT2D eigenvalue weighted by Gasteiger charge is -2.13. The molecule has 0 saturated heterocycles. The van der Waals surface area contributed by atoms with Crippen molar-refractivity contribution < 1.29 is 9.69 Å². The zero-order chi connectivity index (χ0) is 12.6.